The average molecular weight is 393 g/mol. The maximum atomic E-state index is 11.7. The Bertz CT molecular complexity index is 1260. The molecule has 0 amide bonds. The summed E-state index contributed by atoms with van der Waals surface area (Å²) in [5, 5.41) is 0. The largest absolute Gasteiger partial charge is 0.481 e. The highest BCUT2D eigenvalue weighted by Crippen LogP contribution is 2.28. The lowest BCUT2D eigenvalue weighted by Gasteiger charge is -2.09. The molecule has 28 heavy (non-hydrogen) atoms. The number of ether oxygens (including phenoxy) is 1. The third-order valence-electron chi connectivity index (χ3n) is 4.65. The van der Waals surface area contributed by atoms with Crippen LogP contribution < -0.4 is 4.74 Å². The number of hydrogen-bond donors (Lipinski definition) is 0. The lowest BCUT2D eigenvalue weighted by molar-refractivity contribution is 0.398. The van der Waals surface area contributed by atoms with E-state index in [9.17, 15) is 8.42 Å². The zero-order valence-electron chi connectivity index (χ0n) is 15.7. The molecule has 0 aliphatic rings. The van der Waals surface area contributed by atoms with Crippen molar-refractivity contribution in [1.82, 2.24) is 14.4 Å². The zero-order valence-corrected chi connectivity index (χ0v) is 16.6. The van der Waals surface area contributed by atoms with E-state index < -0.39 is 9.84 Å². The standard InChI is InChI=1S/C21H19N3O3S/c1-14-10-17(16-6-9-20(27-2)22-11-16)13-24-19(12-23-21(14)24)15-4-7-18(8-5-15)28(3,25)26/h4-13H,1-3H3. The molecule has 0 fully saturated rings. The summed E-state index contributed by atoms with van der Waals surface area (Å²) in [5.41, 5.74) is 5.65. The highest BCUT2D eigenvalue weighted by atomic mass is 32.2. The number of sulfone groups is 1. The molecule has 1 aromatic carbocycles. The molecule has 7 heteroatoms. The van der Waals surface area contributed by atoms with Crippen LogP contribution in [-0.2, 0) is 9.84 Å². The summed E-state index contributed by atoms with van der Waals surface area (Å²) < 4.78 is 30.6. The van der Waals surface area contributed by atoms with Gasteiger partial charge in [0.1, 0.15) is 5.65 Å². The van der Waals surface area contributed by atoms with Gasteiger partial charge in [-0.25, -0.2) is 18.4 Å². The fraction of sp³-hybridized carbons (Fsp3) is 0.143. The molecule has 0 N–H and O–H groups in total. The molecule has 3 heterocycles. The number of aromatic nitrogens is 3. The van der Waals surface area contributed by atoms with Crippen LogP contribution in [0.15, 0.2) is 66.0 Å². The molecule has 4 rings (SSSR count). The summed E-state index contributed by atoms with van der Waals surface area (Å²) in [6.45, 7) is 2.01. The van der Waals surface area contributed by atoms with E-state index in [0.717, 1.165) is 33.6 Å². The number of rotatable bonds is 4. The van der Waals surface area contributed by atoms with Crippen molar-refractivity contribution < 1.29 is 13.2 Å². The van der Waals surface area contributed by atoms with Crippen molar-refractivity contribution in [2.45, 2.75) is 11.8 Å². The van der Waals surface area contributed by atoms with E-state index in [0.29, 0.717) is 10.8 Å². The van der Waals surface area contributed by atoms with E-state index >= 15 is 0 Å². The molecule has 0 saturated heterocycles. The first-order chi connectivity index (χ1) is 13.4. The Kier molecular flexibility index (Phi) is 4.39. The third-order valence-corrected chi connectivity index (χ3v) is 5.78. The summed E-state index contributed by atoms with van der Waals surface area (Å²) >= 11 is 0. The van der Waals surface area contributed by atoms with Crippen molar-refractivity contribution in [3.8, 4) is 28.3 Å². The second-order valence-corrected chi connectivity index (χ2v) is 8.65. The fourth-order valence-electron chi connectivity index (χ4n) is 3.17. The van der Waals surface area contributed by atoms with Crippen LogP contribution in [0.1, 0.15) is 5.56 Å². The number of benzene rings is 1. The topological polar surface area (TPSA) is 73.6 Å². The van der Waals surface area contributed by atoms with Gasteiger partial charge in [-0.05, 0) is 36.8 Å². The maximum absolute atomic E-state index is 11.7. The van der Waals surface area contributed by atoms with Crippen LogP contribution in [-0.4, -0.2) is 36.2 Å². The van der Waals surface area contributed by atoms with Crippen LogP contribution in [0.2, 0.25) is 0 Å². The number of fused-ring (bicyclic) bond motifs is 1. The second-order valence-electron chi connectivity index (χ2n) is 6.63. The Morgan fingerprint density at radius 2 is 1.64 bits per heavy atom. The van der Waals surface area contributed by atoms with Crippen molar-refractivity contribution in [3.63, 3.8) is 0 Å². The SMILES string of the molecule is COc1ccc(-c2cc(C)c3ncc(-c4ccc(S(C)(=O)=O)cc4)n3c2)cn1. The van der Waals surface area contributed by atoms with Gasteiger partial charge in [-0.15, -0.1) is 0 Å². The van der Waals surface area contributed by atoms with Gasteiger partial charge in [0.05, 0.1) is 23.9 Å². The molecule has 0 unspecified atom stereocenters. The number of methoxy groups -OCH3 is 1. The van der Waals surface area contributed by atoms with E-state index in [4.69, 9.17) is 4.74 Å². The maximum Gasteiger partial charge on any atom is 0.212 e. The van der Waals surface area contributed by atoms with Gasteiger partial charge in [-0.1, -0.05) is 12.1 Å². The second kappa shape index (κ2) is 6.76. The van der Waals surface area contributed by atoms with Crippen molar-refractivity contribution in [1.29, 1.82) is 0 Å². The molecule has 0 atom stereocenters. The summed E-state index contributed by atoms with van der Waals surface area (Å²) in [7, 11) is -1.64. The highest BCUT2D eigenvalue weighted by Gasteiger charge is 2.12. The number of imidazole rings is 1. The van der Waals surface area contributed by atoms with Gasteiger partial charge in [0.15, 0.2) is 9.84 Å². The van der Waals surface area contributed by atoms with Gasteiger partial charge in [-0.3, -0.25) is 4.40 Å². The fourth-order valence-corrected chi connectivity index (χ4v) is 3.80. The van der Waals surface area contributed by atoms with Crippen molar-refractivity contribution in [3.05, 3.63) is 66.6 Å². The van der Waals surface area contributed by atoms with Gasteiger partial charge in [0.2, 0.25) is 5.88 Å². The summed E-state index contributed by atoms with van der Waals surface area (Å²) in [6, 6.07) is 12.7. The first kappa shape index (κ1) is 18.2. The van der Waals surface area contributed by atoms with Crippen molar-refractivity contribution in [2.75, 3.05) is 13.4 Å². The van der Waals surface area contributed by atoms with E-state index in [2.05, 4.69) is 16.0 Å². The van der Waals surface area contributed by atoms with Crippen molar-refractivity contribution in [2.24, 2.45) is 0 Å². The van der Waals surface area contributed by atoms with Gasteiger partial charge < -0.3 is 4.74 Å². The first-order valence-corrected chi connectivity index (χ1v) is 10.5. The van der Waals surface area contributed by atoms with Gasteiger partial charge in [0.25, 0.3) is 0 Å². The van der Waals surface area contributed by atoms with Crippen molar-refractivity contribution >= 4 is 15.5 Å². The molecular weight excluding hydrogens is 374 g/mol. The Morgan fingerprint density at radius 3 is 2.25 bits per heavy atom. The lowest BCUT2D eigenvalue weighted by Crippen LogP contribution is -1.97. The van der Waals surface area contributed by atoms with Crippen LogP contribution in [0.25, 0.3) is 28.0 Å². The smallest absolute Gasteiger partial charge is 0.212 e. The molecule has 6 nitrogen and oxygen atoms in total. The Morgan fingerprint density at radius 1 is 0.929 bits per heavy atom. The molecule has 0 bridgehead atoms. The summed E-state index contributed by atoms with van der Waals surface area (Å²) in [4.78, 5) is 9.11. The number of aryl methyl sites for hydroxylation is 1. The Balaban J connectivity index is 1.83. The normalized spacial score (nSPS) is 11.7. The quantitative estimate of drug-likeness (QED) is 0.527. The molecule has 0 aliphatic carbocycles. The minimum atomic E-state index is -3.23. The van der Waals surface area contributed by atoms with E-state index in [1.807, 2.05) is 29.7 Å². The molecule has 4 aromatic rings. The predicted octanol–water partition coefficient (Wildman–Crippen LogP) is 3.78. The highest BCUT2D eigenvalue weighted by molar-refractivity contribution is 7.90. The van der Waals surface area contributed by atoms with Gasteiger partial charge in [-0.2, -0.15) is 0 Å². The van der Waals surface area contributed by atoms with Crippen LogP contribution in [0, 0.1) is 6.92 Å². The van der Waals surface area contributed by atoms with E-state index in [1.165, 1.54) is 6.26 Å². The zero-order chi connectivity index (χ0) is 19.9. The monoisotopic (exact) mass is 393 g/mol. The average Bonchev–Trinajstić information content (AvgIpc) is 3.12. The third kappa shape index (κ3) is 3.25. The van der Waals surface area contributed by atoms with Crippen LogP contribution in [0.4, 0.5) is 0 Å². The Hall–Kier alpha value is -3.19. The molecule has 0 radical (unpaired) electrons. The molecule has 0 saturated carbocycles. The Labute approximate surface area is 163 Å². The number of hydrogen-bond acceptors (Lipinski definition) is 5. The molecule has 0 spiro atoms. The van der Waals surface area contributed by atoms with E-state index in [-0.39, 0.29) is 0 Å². The lowest BCUT2D eigenvalue weighted by atomic mass is 10.1. The van der Waals surface area contributed by atoms with Gasteiger partial charge in [0, 0.05) is 41.4 Å². The first-order valence-electron chi connectivity index (χ1n) is 8.65. The number of pyridine rings is 2. The number of nitrogens with zero attached hydrogens (tertiary/aromatic N) is 3. The molecule has 3 aromatic heterocycles. The van der Waals surface area contributed by atoms with Gasteiger partial charge >= 0.3 is 0 Å². The molecule has 0 aliphatic heterocycles. The van der Waals surface area contributed by atoms with Crippen LogP contribution >= 0.6 is 0 Å². The summed E-state index contributed by atoms with van der Waals surface area (Å²) in [5.74, 6) is 0.566. The molecular formula is C21H19N3O3S. The van der Waals surface area contributed by atoms with Crippen LogP contribution in [0.5, 0.6) is 5.88 Å². The molecule has 142 valence electrons. The van der Waals surface area contributed by atoms with Crippen LogP contribution in [0.3, 0.4) is 0 Å². The predicted molar refractivity (Wildman–Crippen MR) is 108 cm³/mol. The summed E-state index contributed by atoms with van der Waals surface area (Å²) in [6.07, 6.45) is 6.79. The minimum Gasteiger partial charge on any atom is -0.481 e. The van der Waals surface area contributed by atoms with E-state index in [1.54, 1.807) is 43.8 Å². The minimum absolute atomic E-state index is 0.297.